The van der Waals surface area contributed by atoms with Crippen LogP contribution in [0.2, 0.25) is 0 Å². The van der Waals surface area contributed by atoms with Crippen LogP contribution in [0.15, 0.2) is 28.7 Å². The van der Waals surface area contributed by atoms with E-state index in [1.54, 1.807) is 0 Å². The van der Waals surface area contributed by atoms with Crippen LogP contribution in [0.1, 0.15) is 5.56 Å². The van der Waals surface area contributed by atoms with E-state index in [9.17, 15) is 0 Å². The van der Waals surface area contributed by atoms with Crippen LogP contribution in [-0.2, 0) is 6.42 Å². The lowest BCUT2D eigenvalue weighted by Crippen LogP contribution is -2.33. The quantitative estimate of drug-likeness (QED) is 0.917. The number of hydrogen-bond acceptors (Lipinski definition) is 2. The maximum absolute atomic E-state index is 3.47. The molecule has 0 radical (unpaired) electrons. The van der Waals surface area contributed by atoms with Crippen molar-refractivity contribution >= 4 is 27.7 Å². The summed E-state index contributed by atoms with van der Waals surface area (Å²) in [5, 5.41) is 3.42. The van der Waals surface area contributed by atoms with Crippen LogP contribution in [0, 0.1) is 5.92 Å². The third kappa shape index (κ3) is 2.99. The molecule has 1 aromatic carbocycles. The van der Waals surface area contributed by atoms with Crippen molar-refractivity contribution in [1.29, 1.82) is 0 Å². The summed E-state index contributed by atoms with van der Waals surface area (Å²) < 4.78 is 1.16. The second-order valence-corrected chi connectivity index (χ2v) is 6.01. The molecule has 0 spiro atoms. The maximum Gasteiger partial charge on any atom is 0.0194 e. The molecule has 3 heteroatoms. The van der Waals surface area contributed by atoms with Crippen molar-refractivity contribution in [2.75, 3.05) is 18.6 Å². The lowest BCUT2D eigenvalue weighted by Gasteiger charge is -2.17. The Bertz CT molecular complexity index is 312. The fourth-order valence-corrected chi connectivity index (χ4v) is 3.79. The molecule has 2 atom stereocenters. The average Bonchev–Trinajstić information content (AvgIpc) is 2.69. The molecule has 0 bridgehead atoms. The molecule has 2 unspecified atom stereocenters. The zero-order valence-corrected chi connectivity index (χ0v) is 11.3. The maximum atomic E-state index is 3.47. The molecule has 1 N–H and O–H groups in total. The number of hydrogen-bond donors (Lipinski definition) is 1. The molecule has 0 saturated carbocycles. The van der Waals surface area contributed by atoms with Gasteiger partial charge in [-0.1, -0.05) is 28.1 Å². The second kappa shape index (κ2) is 5.37. The van der Waals surface area contributed by atoms with Gasteiger partial charge in [-0.15, -0.1) is 0 Å². The topological polar surface area (TPSA) is 12.0 Å². The molecule has 0 aliphatic carbocycles. The zero-order chi connectivity index (χ0) is 10.7. The van der Waals surface area contributed by atoms with E-state index in [4.69, 9.17) is 0 Å². The summed E-state index contributed by atoms with van der Waals surface area (Å²) >= 11 is 5.53. The van der Waals surface area contributed by atoms with Crippen LogP contribution in [-0.4, -0.2) is 24.6 Å². The Morgan fingerprint density at radius 1 is 1.33 bits per heavy atom. The van der Waals surface area contributed by atoms with E-state index in [0.717, 1.165) is 10.4 Å². The van der Waals surface area contributed by atoms with Gasteiger partial charge in [0.2, 0.25) is 0 Å². The van der Waals surface area contributed by atoms with Gasteiger partial charge in [-0.2, -0.15) is 11.8 Å². The summed E-state index contributed by atoms with van der Waals surface area (Å²) in [7, 11) is 2.07. The van der Waals surface area contributed by atoms with E-state index in [0.29, 0.717) is 6.04 Å². The molecule has 0 aromatic heterocycles. The fraction of sp³-hybridized carbons (Fsp3) is 0.500. The Hall–Kier alpha value is 0.01000. The molecule has 1 aromatic rings. The summed E-state index contributed by atoms with van der Waals surface area (Å²) in [5.41, 5.74) is 1.45. The summed E-state index contributed by atoms with van der Waals surface area (Å²) in [6.45, 7) is 0. The van der Waals surface area contributed by atoms with Crippen LogP contribution in [0.5, 0.6) is 0 Å². The van der Waals surface area contributed by atoms with Crippen molar-refractivity contribution < 1.29 is 0 Å². The molecule has 15 heavy (non-hydrogen) atoms. The summed E-state index contributed by atoms with van der Waals surface area (Å²) in [5.74, 6) is 3.35. The van der Waals surface area contributed by atoms with E-state index in [1.165, 1.54) is 23.5 Å². The monoisotopic (exact) mass is 285 g/mol. The fourth-order valence-electron chi connectivity index (χ4n) is 2.04. The van der Waals surface area contributed by atoms with Gasteiger partial charge in [-0.05, 0) is 42.8 Å². The highest BCUT2D eigenvalue weighted by Crippen LogP contribution is 2.27. The molecule has 1 nitrogen and oxygen atoms in total. The second-order valence-electron chi connectivity index (χ2n) is 4.02. The van der Waals surface area contributed by atoms with Crippen molar-refractivity contribution in [2.45, 2.75) is 12.5 Å². The van der Waals surface area contributed by atoms with Crippen molar-refractivity contribution in [3.63, 3.8) is 0 Å². The van der Waals surface area contributed by atoms with Gasteiger partial charge in [0.15, 0.2) is 0 Å². The van der Waals surface area contributed by atoms with Gasteiger partial charge in [-0.25, -0.2) is 0 Å². The third-order valence-corrected chi connectivity index (χ3v) is 4.77. The molecule has 1 aliphatic heterocycles. The van der Waals surface area contributed by atoms with Crippen LogP contribution < -0.4 is 5.32 Å². The van der Waals surface area contributed by atoms with E-state index < -0.39 is 0 Å². The first-order chi connectivity index (χ1) is 7.29. The first kappa shape index (κ1) is 11.5. The number of benzene rings is 1. The van der Waals surface area contributed by atoms with Gasteiger partial charge in [0, 0.05) is 16.3 Å². The molecule has 82 valence electrons. The van der Waals surface area contributed by atoms with E-state index in [-0.39, 0.29) is 0 Å². The van der Waals surface area contributed by atoms with Crippen LogP contribution >= 0.6 is 27.7 Å². The minimum absolute atomic E-state index is 0.693. The number of nitrogens with one attached hydrogen (secondary N) is 1. The van der Waals surface area contributed by atoms with Gasteiger partial charge in [-0.3, -0.25) is 0 Å². The SMILES string of the molecule is CNC1CSCC1Cc1ccc(Br)cc1. The van der Waals surface area contributed by atoms with E-state index in [2.05, 4.69) is 64.3 Å². The Balaban J connectivity index is 1.99. The van der Waals surface area contributed by atoms with Gasteiger partial charge in [0.05, 0.1) is 0 Å². The highest BCUT2D eigenvalue weighted by molar-refractivity contribution is 9.10. The highest BCUT2D eigenvalue weighted by atomic mass is 79.9. The lowest BCUT2D eigenvalue weighted by molar-refractivity contribution is 0.453. The Morgan fingerprint density at radius 3 is 2.73 bits per heavy atom. The molecule has 1 aliphatic rings. The normalized spacial score (nSPS) is 25.7. The first-order valence-corrected chi connectivity index (χ1v) is 7.24. The summed E-state index contributed by atoms with van der Waals surface area (Å²) in [6.07, 6.45) is 1.20. The minimum atomic E-state index is 0.693. The third-order valence-electron chi connectivity index (χ3n) is 2.98. The predicted molar refractivity (Wildman–Crippen MR) is 71.5 cm³/mol. The van der Waals surface area contributed by atoms with Gasteiger partial charge < -0.3 is 5.32 Å². The summed E-state index contributed by atoms with van der Waals surface area (Å²) in [6, 6.07) is 9.40. The summed E-state index contributed by atoms with van der Waals surface area (Å²) in [4.78, 5) is 0. The largest absolute Gasteiger partial charge is 0.316 e. The number of thioether (sulfide) groups is 1. The molecular formula is C12H16BrNS. The minimum Gasteiger partial charge on any atom is -0.316 e. The predicted octanol–water partition coefficient (Wildman–Crippen LogP) is 2.94. The molecule has 1 heterocycles. The van der Waals surface area contributed by atoms with Crippen molar-refractivity contribution in [1.82, 2.24) is 5.32 Å². The zero-order valence-electron chi connectivity index (χ0n) is 8.87. The van der Waals surface area contributed by atoms with Gasteiger partial charge in [0.1, 0.15) is 0 Å². The van der Waals surface area contributed by atoms with Crippen LogP contribution in [0.4, 0.5) is 0 Å². The molecule has 2 rings (SSSR count). The van der Waals surface area contributed by atoms with E-state index >= 15 is 0 Å². The standard InChI is InChI=1S/C12H16BrNS/c1-14-12-8-15-7-10(12)6-9-2-4-11(13)5-3-9/h2-5,10,12,14H,6-8H2,1H3. The van der Waals surface area contributed by atoms with Crippen molar-refractivity contribution in [3.8, 4) is 0 Å². The smallest absolute Gasteiger partial charge is 0.0194 e. The number of halogens is 1. The van der Waals surface area contributed by atoms with Crippen molar-refractivity contribution in [2.24, 2.45) is 5.92 Å². The van der Waals surface area contributed by atoms with Crippen LogP contribution in [0.3, 0.4) is 0 Å². The first-order valence-electron chi connectivity index (χ1n) is 5.29. The van der Waals surface area contributed by atoms with Gasteiger partial charge in [0.25, 0.3) is 0 Å². The van der Waals surface area contributed by atoms with Crippen LogP contribution in [0.25, 0.3) is 0 Å². The average molecular weight is 286 g/mol. The van der Waals surface area contributed by atoms with Gasteiger partial charge >= 0.3 is 0 Å². The molecule has 1 saturated heterocycles. The molecule has 0 amide bonds. The Kier molecular flexibility index (Phi) is 4.12. The highest BCUT2D eigenvalue weighted by Gasteiger charge is 2.26. The van der Waals surface area contributed by atoms with E-state index in [1.807, 2.05) is 0 Å². The molecule has 1 fully saturated rings. The Morgan fingerprint density at radius 2 is 2.07 bits per heavy atom. The lowest BCUT2D eigenvalue weighted by atomic mass is 9.95. The van der Waals surface area contributed by atoms with Crippen molar-refractivity contribution in [3.05, 3.63) is 34.3 Å². The number of rotatable bonds is 3. The Labute approximate surface area is 104 Å². The molecular weight excluding hydrogens is 270 g/mol.